The molecule has 0 bridgehead atoms. The number of methoxy groups -OCH3 is 1. The van der Waals surface area contributed by atoms with Gasteiger partial charge in [-0.25, -0.2) is 0 Å². The third-order valence-electron chi connectivity index (χ3n) is 5.09. The molecule has 0 saturated heterocycles. The van der Waals surface area contributed by atoms with Crippen LogP contribution in [0.2, 0.25) is 0 Å². The van der Waals surface area contributed by atoms with E-state index >= 15 is 0 Å². The fourth-order valence-electron chi connectivity index (χ4n) is 3.11. The maximum atomic E-state index is 12.3. The Labute approximate surface area is 182 Å². The van der Waals surface area contributed by atoms with E-state index in [1.807, 2.05) is 36.4 Å². The van der Waals surface area contributed by atoms with Gasteiger partial charge in [0.25, 0.3) is 5.91 Å². The number of rotatable bonds is 11. The van der Waals surface area contributed by atoms with Gasteiger partial charge in [-0.1, -0.05) is 24.3 Å². The van der Waals surface area contributed by atoms with Crippen molar-refractivity contribution in [3.8, 4) is 18.1 Å². The average molecular weight is 418 g/mol. The van der Waals surface area contributed by atoms with Crippen LogP contribution in [-0.4, -0.2) is 31.1 Å². The number of benzene rings is 2. The van der Waals surface area contributed by atoms with Crippen molar-refractivity contribution in [1.29, 1.82) is 0 Å². The minimum Gasteiger partial charge on any atom is -0.497 e. The first-order valence-corrected chi connectivity index (χ1v) is 10.2. The largest absolute Gasteiger partial charge is 0.497 e. The molecule has 0 radical (unpaired) electrons. The van der Waals surface area contributed by atoms with Crippen molar-refractivity contribution in [2.24, 2.45) is 10.2 Å². The van der Waals surface area contributed by atoms with E-state index in [0.29, 0.717) is 37.9 Å². The average Bonchev–Trinajstić information content (AvgIpc) is 3.57. The van der Waals surface area contributed by atoms with Gasteiger partial charge in [-0.3, -0.25) is 9.59 Å². The van der Waals surface area contributed by atoms with Gasteiger partial charge in [-0.15, -0.1) is 12.3 Å². The summed E-state index contributed by atoms with van der Waals surface area (Å²) in [6, 6.07) is 14.6. The standard InChI is InChI=1S/C24H26N4O3/c1-3-4-13-24(27-28-24)14-15-25-23(30)20-9-5-19(6-10-20)17-26-22(29)16-18-7-11-21(31-2)12-8-18/h1,5-12H,4,13-17H2,2H3,(H,25,30)(H,26,29). The van der Waals surface area contributed by atoms with Crippen molar-refractivity contribution in [1.82, 2.24) is 10.6 Å². The molecule has 2 N–H and O–H groups in total. The van der Waals surface area contributed by atoms with Crippen LogP contribution in [-0.2, 0) is 17.8 Å². The minimum absolute atomic E-state index is 0.0679. The number of carbonyl (C=O) groups excluding carboxylic acids is 2. The van der Waals surface area contributed by atoms with E-state index in [4.69, 9.17) is 11.2 Å². The number of ether oxygens (including phenoxy) is 1. The normalized spacial score (nSPS) is 13.2. The van der Waals surface area contributed by atoms with Crippen LogP contribution in [0.5, 0.6) is 5.75 Å². The summed E-state index contributed by atoms with van der Waals surface area (Å²) in [5.74, 6) is 3.13. The topological polar surface area (TPSA) is 92.2 Å². The number of nitrogens with zero attached hydrogens (tertiary/aromatic N) is 2. The summed E-state index contributed by atoms with van der Waals surface area (Å²) in [5, 5.41) is 13.9. The van der Waals surface area contributed by atoms with Gasteiger partial charge in [0.15, 0.2) is 5.66 Å². The summed E-state index contributed by atoms with van der Waals surface area (Å²) >= 11 is 0. The van der Waals surface area contributed by atoms with E-state index in [0.717, 1.165) is 23.3 Å². The lowest BCUT2D eigenvalue weighted by Crippen LogP contribution is -2.28. The van der Waals surface area contributed by atoms with E-state index in [9.17, 15) is 9.59 Å². The molecule has 7 nitrogen and oxygen atoms in total. The van der Waals surface area contributed by atoms with Gasteiger partial charge in [0.1, 0.15) is 5.75 Å². The highest BCUT2D eigenvalue weighted by atomic mass is 16.5. The summed E-state index contributed by atoms with van der Waals surface area (Å²) in [4.78, 5) is 24.5. The molecular formula is C24H26N4O3. The Morgan fingerprint density at radius 3 is 2.29 bits per heavy atom. The molecule has 31 heavy (non-hydrogen) atoms. The van der Waals surface area contributed by atoms with E-state index in [1.165, 1.54) is 0 Å². The zero-order valence-corrected chi connectivity index (χ0v) is 17.6. The smallest absolute Gasteiger partial charge is 0.251 e. The Morgan fingerprint density at radius 1 is 1.00 bits per heavy atom. The lowest BCUT2D eigenvalue weighted by Gasteiger charge is -2.10. The highest BCUT2D eigenvalue weighted by Gasteiger charge is 2.38. The molecule has 2 aromatic carbocycles. The third-order valence-corrected chi connectivity index (χ3v) is 5.09. The Balaban J connectivity index is 1.39. The Hall–Kier alpha value is -3.66. The fraction of sp³-hybridized carbons (Fsp3) is 0.333. The van der Waals surface area contributed by atoms with Gasteiger partial charge < -0.3 is 15.4 Å². The van der Waals surface area contributed by atoms with Crippen LogP contribution in [0.15, 0.2) is 58.8 Å². The maximum Gasteiger partial charge on any atom is 0.251 e. The zero-order chi connectivity index (χ0) is 22.1. The zero-order valence-electron chi connectivity index (χ0n) is 17.6. The van der Waals surface area contributed by atoms with Crippen LogP contribution in [0.25, 0.3) is 0 Å². The number of hydrogen-bond donors (Lipinski definition) is 2. The van der Waals surface area contributed by atoms with Crippen LogP contribution in [0.3, 0.4) is 0 Å². The summed E-state index contributed by atoms with van der Waals surface area (Å²) in [6.07, 6.45) is 7.57. The van der Waals surface area contributed by atoms with Crippen LogP contribution < -0.4 is 15.4 Å². The SMILES string of the molecule is C#CCCC1(CCNC(=O)c2ccc(CNC(=O)Cc3ccc(OC)cc3)cc2)N=N1. The number of carbonyl (C=O) groups is 2. The van der Waals surface area contributed by atoms with Crippen LogP contribution in [0, 0.1) is 12.3 Å². The number of hydrogen-bond acceptors (Lipinski definition) is 5. The second kappa shape index (κ2) is 10.4. The molecular weight excluding hydrogens is 392 g/mol. The molecule has 160 valence electrons. The van der Waals surface area contributed by atoms with Gasteiger partial charge in [-0.2, -0.15) is 10.2 Å². The fourth-order valence-corrected chi connectivity index (χ4v) is 3.11. The molecule has 0 unspecified atom stereocenters. The predicted octanol–water partition coefficient (Wildman–Crippen LogP) is 3.25. The minimum atomic E-state index is -0.395. The molecule has 2 amide bonds. The van der Waals surface area contributed by atoms with E-state index in [1.54, 1.807) is 19.2 Å². The number of amides is 2. The van der Waals surface area contributed by atoms with E-state index < -0.39 is 5.66 Å². The van der Waals surface area contributed by atoms with Crippen molar-refractivity contribution in [3.05, 3.63) is 65.2 Å². The summed E-state index contributed by atoms with van der Waals surface area (Å²) in [6.45, 7) is 0.886. The summed E-state index contributed by atoms with van der Waals surface area (Å²) in [7, 11) is 1.61. The maximum absolute atomic E-state index is 12.3. The van der Waals surface area contributed by atoms with E-state index in [2.05, 4.69) is 26.8 Å². The number of nitrogens with one attached hydrogen (secondary N) is 2. The van der Waals surface area contributed by atoms with Gasteiger partial charge >= 0.3 is 0 Å². The van der Waals surface area contributed by atoms with Crippen LogP contribution >= 0.6 is 0 Å². The van der Waals surface area contributed by atoms with Gasteiger partial charge in [0, 0.05) is 37.9 Å². The molecule has 0 saturated carbocycles. The number of terminal acetylenes is 1. The molecule has 2 aromatic rings. The highest BCUT2D eigenvalue weighted by Crippen LogP contribution is 2.36. The molecule has 7 heteroatoms. The Morgan fingerprint density at radius 2 is 1.68 bits per heavy atom. The summed E-state index contributed by atoms with van der Waals surface area (Å²) in [5.41, 5.74) is 2.00. The quantitative estimate of drug-likeness (QED) is 0.549. The van der Waals surface area contributed by atoms with Crippen molar-refractivity contribution in [2.75, 3.05) is 13.7 Å². The van der Waals surface area contributed by atoms with Crippen LogP contribution in [0.1, 0.15) is 40.7 Å². The predicted molar refractivity (Wildman–Crippen MR) is 118 cm³/mol. The van der Waals surface area contributed by atoms with Crippen molar-refractivity contribution < 1.29 is 14.3 Å². The molecule has 0 aromatic heterocycles. The molecule has 0 aliphatic carbocycles. The molecule has 1 heterocycles. The lowest BCUT2D eigenvalue weighted by molar-refractivity contribution is -0.120. The van der Waals surface area contributed by atoms with Gasteiger partial charge in [0.2, 0.25) is 5.91 Å². The molecule has 1 aliphatic rings. The highest BCUT2D eigenvalue weighted by molar-refractivity contribution is 5.94. The summed E-state index contributed by atoms with van der Waals surface area (Å²) < 4.78 is 5.12. The second-order valence-corrected chi connectivity index (χ2v) is 7.39. The molecule has 1 aliphatic heterocycles. The Kier molecular flexibility index (Phi) is 7.39. The van der Waals surface area contributed by atoms with E-state index in [-0.39, 0.29) is 11.8 Å². The second-order valence-electron chi connectivity index (χ2n) is 7.39. The molecule has 0 fully saturated rings. The molecule has 0 spiro atoms. The lowest BCUT2D eigenvalue weighted by atomic mass is 10.0. The van der Waals surface area contributed by atoms with Crippen molar-refractivity contribution in [2.45, 2.75) is 37.9 Å². The Bertz CT molecular complexity index is 969. The van der Waals surface area contributed by atoms with Crippen molar-refractivity contribution >= 4 is 11.8 Å². The van der Waals surface area contributed by atoms with Gasteiger partial charge in [-0.05, 0) is 35.4 Å². The third kappa shape index (κ3) is 6.68. The first-order valence-electron chi connectivity index (χ1n) is 10.2. The molecule has 3 rings (SSSR count). The van der Waals surface area contributed by atoms with Crippen LogP contribution in [0.4, 0.5) is 0 Å². The monoisotopic (exact) mass is 418 g/mol. The first-order chi connectivity index (χ1) is 15.0. The first kappa shape index (κ1) is 22.0. The van der Waals surface area contributed by atoms with Gasteiger partial charge in [0.05, 0.1) is 13.5 Å². The molecule has 0 atom stereocenters. The van der Waals surface area contributed by atoms with Crippen molar-refractivity contribution in [3.63, 3.8) is 0 Å².